The second-order valence-corrected chi connectivity index (χ2v) is 4.24. The maximum absolute atomic E-state index is 6.04. The molecule has 18 heavy (non-hydrogen) atoms. The topological polar surface area (TPSA) is 39.1 Å². The Hall–Kier alpha value is -1.65. The van der Waals surface area contributed by atoms with E-state index in [1.54, 1.807) is 6.20 Å². The predicted molar refractivity (Wildman–Crippen MR) is 71.1 cm³/mol. The molecule has 1 aromatic heterocycles. The maximum atomic E-state index is 6.04. The molecule has 0 spiro atoms. The van der Waals surface area contributed by atoms with Crippen molar-refractivity contribution in [1.29, 1.82) is 0 Å². The third kappa shape index (κ3) is 2.78. The third-order valence-electron chi connectivity index (χ3n) is 2.98. The first-order valence-corrected chi connectivity index (χ1v) is 6.08. The van der Waals surface area contributed by atoms with Gasteiger partial charge in [-0.3, -0.25) is 10.00 Å². The van der Waals surface area contributed by atoms with E-state index in [0.717, 1.165) is 11.3 Å². The smallest absolute Gasteiger partial charge is 0.126 e. The van der Waals surface area contributed by atoms with Gasteiger partial charge in [0.1, 0.15) is 12.3 Å². The van der Waals surface area contributed by atoms with Crippen LogP contribution in [0.15, 0.2) is 42.6 Å². The first-order valence-electron chi connectivity index (χ1n) is 6.08. The van der Waals surface area contributed by atoms with Crippen LogP contribution in [-0.4, -0.2) is 23.1 Å². The summed E-state index contributed by atoms with van der Waals surface area (Å²) in [4.78, 5) is 0. The van der Waals surface area contributed by atoms with Gasteiger partial charge in [0, 0.05) is 13.2 Å². The summed E-state index contributed by atoms with van der Waals surface area (Å²) in [6.45, 7) is 1.99. The molecule has 0 radical (unpaired) electrons. The van der Waals surface area contributed by atoms with Crippen molar-refractivity contribution in [3.8, 4) is 0 Å². The summed E-state index contributed by atoms with van der Waals surface area (Å²) >= 11 is 0. The zero-order chi connectivity index (χ0) is 13.0. The molecule has 1 N–H and O–H groups in total. The molecule has 4 nitrogen and oxygen atoms in total. The van der Waals surface area contributed by atoms with Gasteiger partial charge in [-0.2, -0.15) is 5.10 Å². The highest BCUT2D eigenvalue weighted by Gasteiger charge is 2.19. The Labute approximate surface area is 108 Å². The van der Waals surface area contributed by atoms with Gasteiger partial charge < -0.3 is 4.74 Å². The van der Waals surface area contributed by atoms with Gasteiger partial charge in [0.25, 0.3) is 0 Å². The van der Waals surface area contributed by atoms with E-state index in [9.17, 15) is 0 Å². The summed E-state index contributed by atoms with van der Waals surface area (Å²) in [7, 11) is 3.81. The molecule has 0 aliphatic rings. The number of hydrogen-bond donors (Lipinski definition) is 1. The Balaban J connectivity index is 2.32. The Kier molecular flexibility index (Phi) is 4.12. The zero-order valence-electron chi connectivity index (χ0n) is 11.0. The van der Waals surface area contributed by atoms with E-state index >= 15 is 0 Å². The minimum atomic E-state index is -0.110. The lowest BCUT2D eigenvalue weighted by molar-refractivity contribution is 0.000292. The fraction of sp³-hybridized carbons (Fsp3) is 0.357. The minimum absolute atomic E-state index is 0.0230. The van der Waals surface area contributed by atoms with Crippen LogP contribution in [0.5, 0.6) is 0 Å². The summed E-state index contributed by atoms with van der Waals surface area (Å²) in [6, 6.07) is 12.2. The van der Waals surface area contributed by atoms with Gasteiger partial charge in [0.2, 0.25) is 0 Å². The Morgan fingerprint density at radius 3 is 2.50 bits per heavy atom. The molecule has 0 aliphatic carbocycles. The minimum Gasteiger partial charge on any atom is -0.349 e. The Morgan fingerprint density at radius 1 is 1.22 bits per heavy atom. The number of nitrogens with zero attached hydrogens (tertiary/aromatic N) is 2. The van der Waals surface area contributed by atoms with Gasteiger partial charge in [-0.25, -0.2) is 0 Å². The molecule has 2 aromatic rings. The van der Waals surface area contributed by atoms with E-state index in [-0.39, 0.29) is 12.3 Å². The Morgan fingerprint density at radius 2 is 1.94 bits per heavy atom. The van der Waals surface area contributed by atoms with Gasteiger partial charge in [0.05, 0.1) is 5.69 Å². The van der Waals surface area contributed by atoms with Crippen molar-refractivity contribution in [2.45, 2.75) is 19.3 Å². The average Bonchev–Trinajstić information content (AvgIpc) is 2.83. The third-order valence-corrected chi connectivity index (χ3v) is 2.98. The van der Waals surface area contributed by atoms with Crippen LogP contribution in [0.3, 0.4) is 0 Å². The van der Waals surface area contributed by atoms with Crippen LogP contribution in [0.2, 0.25) is 0 Å². The number of benzene rings is 1. The zero-order valence-corrected chi connectivity index (χ0v) is 11.0. The SMILES string of the molecule is CNC(C)OC(c1ccccc1)c1ccnn1C. The lowest BCUT2D eigenvalue weighted by Gasteiger charge is -2.22. The number of hydrogen-bond acceptors (Lipinski definition) is 3. The van der Waals surface area contributed by atoms with Crippen LogP contribution in [0.25, 0.3) is 0 Å². The monoisotopic (exact) mass is 245 g/mol. The van der Waals surface area contributed by atoms with E-state index in [4.69, 9.17) is 4.74 Å². The molecule has 0 fully saturated rings. The van der Waals surface area contributed by atoms with Gasteiger partial charge in [-0.05, 0) is 25.6 Å². The molecular weight excluding hydrogens is 226 g/mol. The van der Waals surface area contributed by atoms with E-state index < -0.39 is 0 Å². The lowest BCUT2D eigenvalue weighted by atomic mass is 10.1. The second kappa shape index (κ2) is 5.80. The van der Waals surface area contributed by atoms with Crippen LogP contribution in [0.4, 0.5) is 0 Å². The van der Waals surface area contributed by atoms with Crippen molar-refractivity contribution in [3.63, 3.8) is 0 Å². The Bertz CT molecular complexity index is 481. The van der Waals surface area contributed by atoms with E-state index in [1.165, 1.54) is 0 Å². The van der Waals surface area contributed by atoms with Gasteiger partial charge in [-0.15, -0.1) is 0 Å². The summed E-state index contributed by atoms with van der Waals surface area (Å²) < 4.78 is 7.89. The van der Waals surface area contributed by atoms with Crippen LogP contribution in [0.1, 0.15) is 24.3 Å². The molecule has 0 saturated heterocycles. The van der Waals surface area contributed by atoms with Gasteiger partial charge >= 0.3 is 0 Å². The molecule has 4 heteroatoms. The second-order valence-electron chi connectivity index (χ2n) is 4.24. The number of aromatic nitrogens is 2. The first kappa shape index (κ1) is 12.8. The van der Waals surface area contributed by atoms with Crippen LogP contribution < -0.4 is 5.32 Å². The molecule has 0 aliphatic heterocycles. The van der Waals surface area contributed by atoms with E-state index in [1.807, 2.05) is 50.0 Å². The molecule has 0 saturated carbocycles. The molecule has 1 heterocycles. The largest absolute Gasteiger partial charge is 0.349 e. The molecule has 2 rings (SSSR count). The van der Waals surface area contributed by atoms with E-state index in [0.29, 0.717) is 0 Å². The highest BCUT2D eigenvalue weighted by atomic mass is 16.5. The fourth-order valence-corrected chi connectivity index (χ4v) is 1.86. The van der Waals surface area contributed by atoms with Crippen LogP contribution in [0, 0.1) is 0 Å². The van der Waals surface area contributed by atoms with Crippen LogP contribution in [-0.2, 0) is 11.8 Å². The van der Waals surface area contributed by atoms with Gasteiger partial charge in [0.15, 0.2) is 0 Å². The molecule has 0 amide bonds. The first-order chi connectivity index (χ1) is 8.72. The van der Waals surface area contributed by atoms with Crippen LogP contribution >= 0.6 is 0 Å². The number of aryl methyl sites for hydroxylation is 1. The molecule has 2 unspecified atom stereocenters. The summed E-state index contributed by atoms with van der Waals surface area (Å²) in [5.74, 6) is 0. The number of nitrogens with one attached hydrogen (secondary N) is 1. The lowest BCUT2D eigenvalue weighted by Crippen LogP contribution is -2.27. The summed E-state index contributed by atoms with van der Waals surface area (Å²) in [5, 5.41) is 7.31. The van der Waals surface area contributed by atoms with Crippen molar-refractivity contribution >= 4 is 0 Å². The standard InChI is InChI=1S/C14H19N3O/c1-11(15-2)18-14(12-7-5-4-6-8-12)13-9-10-16-17(13)3/h4-11,14-15H,1-3H3. The van der Waals surface area contributed by atoms with Gasteiger partial charge in [-0.1, -0.05) is 30.3 Å². The van der Waals surface area contributed by atoms with E-state index in [2.05, 4.69) is 22.5 Å². The molecule has 0 bridgehead atoms. The molecular formula is C14H19N3O. The van der Waals surface area contributed by atoms with Crippen molar-refractivity contribution in [2.75, 3.05) is 7.05 Å². The quantitative estimate of drug-likeness (QED) is 0.820. The highest BCUT2D eigenvalue weighted by Crippen LogP contribution is 2.26. The van der Waals surface area contributed by atoms with Crippen molar-refractivity contribution in [1.82, 2.24) is 15.1 Å². The number of rotatable bonds is 5. The summed E-state index contributed by atoms with van der Waals surface area (Å²) in [5.41, 5.74) is 2.17. The molecule has 2 atom stereocenters. The van der Waals surface area contributed by atoms with Crippen molar-refractivity contribution < 1.29 is 4.74 Å². The summed E-state index contributed by atoms with van der Waals surface area (Å²) in [6.07, 6.45) is 1.66. The average molecular weight is 245 g/mol. The normalized spacial score (nSPS) is 14.4. The van der Waals surface area contributed by atoms with Crippen molar-refractivity contribution in [3.05, 3.63) is 53.9 Å². The predicted octanol–water partition coefficient (Wildman–Crippen LogP) is 2.09. The molecule has 96 valence electrons. The number of ether oxygens (including phenoxy) is 1. The fourth-order valence-electron chi connectivity index (χ4n) is 1.86. The highest BCUT2D eigenvalue weighted by molar-refractivity contribution is 5.25. The van der Waals surface area contributed by atoms with Crippen molar-refractivity contribution in [2.24, 2.45) is 7.05 Å². The molecule has 1 aromatic carbocycles. The maximum Gasteiger partial charge on any atom is 0.126 e.